The number of aryl methyl sites for hydroxylation is 1. The molecule has 1 aromatic rings. The summed E-state index contributed by atoms with van der Waals surface area (Å²) in [7, 11) is 2.16. The van der Waals surface area contributed by atoms with Crippen molar-refractivity contribution in [3.05, 3.63) is 17.7 Å². The van der Waals surface area contributed by atoms with Crippen LogP contribution in [0, 0.1) is 5.92 Å². The first-order chi connectivity index (χ1) is 9.65. The molecule has 0 saturated carbocycles. The zero-order valence-corrected chi connectivity index (χ0v) is 12.1. The monoisotopic (exact) mass is 277 g/mol. The third kappa shape index (κ3) is 2.59. The van der Waals surface area contributed by atoms with Crippen LogP contribution in [0.2, 0.25) is 0 Å². The van der Waals surface area contributed by atoms with Crippen LogP contribution >= 0.6 is 0 Å². The summed E-state index contributed by atoms with van der Waals surface area (Å²) >= 11 is 0. The van der Waals surface area contributed by atoms with Crippen LogP contribution in [-0.2, 0) is 17.6 Å². The topological polar surface area (TPSA) is 58.4 Å². The predicted molar refractivity (Wildman–Crippen MR) is 75.8 cm³/mol. The fraction of sp³-hybridized carbons (Fsp3) is 0.733. The molecule has 0 spiro atoms. The van der Waals surface area contributed by atoms with Crippen LogP contribution in [0.4, 0.5) is 0 Å². The van der Waals surface area contributed by atoms with Gasteiger partial charge < -0.3 is 14.6 Å². The second-order valence-corrected chi connectivity index (χ2v) is 6.23. The maximum absolute atomic E-state index is 11.4. The Hall–Kier alpha value is -1.36. The minimum absolute atomic E-state index is 0.400. The van der Waals surface area contributed by atoms with E-state index in [1.165, 1.54) is 12.8 Å². The van der Waals surface area contributed by atoms with E-state index >= 15 is 0 Å². The van der Waals surface area contributed by atoms with Gasteiger partial charge in [-0.25, -0.2) is 9.78 Å². The Morgan fingerprint density at radius 2 is 2.15 bits per heavy atom. The van der Waals surface area contributed by atoms with Crippen LogP contribution in [0.5, 0.6) is 0 Å². The van der Waals surface area contributed by atoms with Gasteiger partial charge in [0, 0.05) is 18.3 Å². The van der Waals surface area contributed by atoms with Crippen molar-refractivity contribution in [3.63, 3.8) is 0 Å². The third-order valence-electron chi connectivity index (χ3n) is 4.77. The molecule has 1 saturated heterocycles. The van der Waals surface area contributed by atoms with Crippen molar-refractivity contribution >= 4 is 5.97 Å². The lowest BCUT2D eigenvalue weighted by Crippen LogP contribution is -2.32. The molecule has 5 heteroatoms. The molecule has 0 aromatic carbocycles. The standard InChI is InChI=1S/C15H23N3O2/c1-17-7-5-11(6-8-17)9-14-16-10-12-3-2-4-13(15(19)20)18(12)14/h10-11,13H,2-9H2,1H3,(H,19,20). The van der Waals surface area contributed by atoms with Gasteiger partial charge in [-0.2, -0.15) is 0 Å². The number of likely N-dealkylation sites (tertiary alicyclic amines) is 1. The molecule has 5 nitrogen and oxygen atoms in total. The number of carbonyl (C=O) groups is 1. The van der Waals surface area contributed by atoms with Gasteiger partial charge in [0.1, 0.15) is 11.9 Å². The van der Waals surface area contributed by atoms with Gasteiger partial charge in [-0.1, -0.05) is 0 Å². The van der Waals surface area contributed by atoms with Crippen LogP contribution in [0.15, 0.2) is 6.20 Å². The molecule has 20 heavy (non-hydrogen) atoms. The molecule has 0 aliphatic carbocycles. The number of aromatic nitrogens is 2. The Kier molecular flexibility index (Phi) is 3.78. The maximum atomic E-state index is 11.4. The van der Waals surface area contributed by atoms with Gasteiger partial charge in [-0.05, 0) is 58.2 Å². The molecular weight excluding hydrogens is 254 g/mol. The van der Waals surface area contributed by atoms with Crippen LogP contribution in [0.25, 0.3) is 0 Å². The Morgan fingerprint density at radius 3 is 2.85 bits per heavy atom. The van der Waals surface area contributed by atoms with Crippen LogP contribution in [0.3, 0.4) is 0 Å². The number of fused-ring (bicyclic) bond motifs is 1. The van der Waals surface area contributed by atoms with Gasteiger partial charge in [-0.15, -0.1) is 0 Å². The van der Waals surface area contributed by atoms with Crippen molar-refractivity contribution in [2.45, 2.75) is 44.6 Å². The van der Waals surface area contributed by atoms with E-state index in [4.69, 9.17) is 0 Å². The first-order valence-electron chi connectivity index (χ1n) is 7.61. The number of imidazole rings is 1. The lowest BCUT2D eigenvalue weighted by Gasteiger charge is -2.30. The Balaban J connectivity index is 1.77. The van der Waals surface area contributed by atoms with Crippen LogP contribution in [0.1, 0.15) is 43.2 Å². The summed E-state index contributed by atoms with van der Waals surface area (Å²) in [5.74, 6) is 0.921. The van der Waals surface area contributed by atoms with E-state index in [0.717, 1.165) is 50.3 Å². The molecule has 3 heterocycles. The van der Waals surface area contributed by atoms with Gasteiger partial charge in [0.2, 0.25) is 0 Å². The lowest BCUT2D eigenvalue weighted by atomic mass is 9.93. The molecule has 1 atom stereocenters. The van der Waals surface area contributed by atoms with E-state index in [9.17, 15) is 9.90 Å². The Labute approximate surface area is 119 Å². The maximum Gasteiger partial charge on any atom is 0.326 e. The van der Waals surface area contributed by atoms with E-state index in [2.05, 4.69) is 16.9 Å². The first-order valence-corrected chi connectivity index (χ1v) is 7.61. The fourth-order valence-corrected chi connectivity index (χ4v) is 3.52. The Bertz CT molecular complexity index is 489. The molecule has 1 N–H and O–H groups in total. The van der Waals surface area contributed by atoms with Crippen LogP contribution in [-0.4, -0.2) is 45.7 Å². The summed E-state index contributed by atoms with van der Waals surface area (Å²) in [5, 5.41) is 9.41. The summed E-state index contributed by atoms with van der Waals surface area (Å²) in [6.45, 7) is 2.28. The van der Waals surface area contributed by atoms with Crippen molar-refractivity contribution in [1.29, 1.82) is 0 Å². The molecule has 1 unspecified atom stereocenters. The molecule has 0 bridgehead atoms. The van der Waals surface area contributed by atoms with Crippen molar-refractivity contribution in [3.8, 4) is 0 Å². The number of hydrogen-bond acceptors (Lipinski definition) is 3. The van der Waals surface area contributed by atoms with E-state index in [1.54, 1.807) is 0 Å². The van der Waals surface area contributed by atoms with Crippen molar-refractivity contribution in [1.82, 2.24) is 14.5 Å². The number of nitrogens with zero attached hydrogens (tertiary/aromatic N) is 3. The van der Waals surface area contributed by atoms with Crippen molar-refractivity contribution < 1.29 is 9.90 Å². The Morgan fingerprint density at radius 1 is 1.40 bits per heavy atom. The molecule has 2 aliphatic rings. The summed E-state index contributed by atoms with van der Waals surface area (Å²) in [6, 6.07) is -0.400. The molecule has 1 fully saturated rings. The average Bonchev–Trinajstić information content (AvgIpc) is 2.84. The van der Waals surface area contributed by atoms with E-state index in [-0.39, 0.29) is 0 Å². The molecular formula is C15H23N3O2. The predicted octanol–water partition coefficient (Wildman–Crippen LogP) is 1.73. The quantitative estimate of drug-likeness (QED) is 0.914. The lowest BCUT2D eigenvalue weighted by molar-refractivity contribution is -0.141. The molecule has 110 valence electrons. The number of hydrogen-bond donors (Lipinski definition) is 1. The third-order valence-corrected chi connectivity index (χ3v) is 4.77. The smallest absolute Gasteiger partial charge is 0.326 e. The highest BCUT2D eigenvalue weighted by atomic mass is 16.4. The minimum atomic E-state index is -0.714. The second kappa shape index (κ2) is 5.56. The average molecular weight is 277 g/mol. The van der Waals surface area contributed by atoms with Gasteiger partial charge in [0.05, 0.1) is 0 Å². The highest BCUT2D eigenvalue weighted by Crippen LogP contribution is 2.29. The number of aliphatic carboxylic acids is 1. The number of carboxylic acids is 1. The fourth-order valence-electron chi connectivity index (χ4n) is 3.52. The molecule has 3 rings (SSSR count). The van der Waals surface area contributed by atoms with Crippen molar-refractivity contribution in [2.24, 2.45) is 5.92 Å². The number of carboxylic acid groups (broad SMARTS) is 1. The van der Waals surface area contributed by atoms with E-state index < -0.39 is 12.0 Å². The van der Waals surface area contributed by atoms with Gasteiger partial charge >= 0.3 is 5.97 Å². The SMILES string of the molecule is CN1CCC(Cc2ncc3n2C(C(=O)O)CCC3)CC1. The van der Waals surface area contributed by atoms with Gasteiger partial charge in [0.15, 0.2) is 0 Å². The minimum Gasteiger partial charge on any atom is -0.480 e. The summed E-state index contributed by atoms with van der Waals surface area (Å²) in [5.41, 5.74) is 1.10. The van der Waals surface area contributed by atoms with E-state index in [1.807, 2.05) is 10.8 Å². The second-order valence-electron chi connectivity index (χ2n) is 6.23. The zero-order valence-electron chi connectivity index (χ0n) is 12.1. The van der Waals surface area contributed by atoms with Gasteiger partial charge in [0.25, 0.3) is 0 Å². The molecule has 0 radical (unpaired) electrons. The van der Waals surface area contributed by atoms with Gasteiger partial charge in [-0.3, -0.25) is 0 Å². The first kappa shape index (κ1) is 13.6. The van der Waals surface area contributed by atoms with Crippen molar-refractivity contribution in [2.75, 3.05) is 20.1 Å². The summed E-state index contributed by atoms with van der Waals surface area (Å²) < 4.78 is 2.00. The molecule has 2 aliphatic heterocycles. The molecule has 1 aromatic heterocycles. The zero-order chi connectivity index (χ0) is 14.1. The summed E-state index contributed by atoms with van der Waals surface area (Å²) in [6.07, 6.45) is 7.85. The number of rotatable bonds is 3. The van der Waals surface area contributed by atoms with E-state index in [0.29, 0.717) is 5.92 Å². The van der Waals surface area contributed by atoms with Crippen LogP contribution < -0.4 is 0 Å². The number of piperidine rings is 1. The highest BCUT2D eigenvalue weighted by molar-refractivity contribution is 5.72. The largest absolute Gasteiger partial charge is 0.480 e. The summed E-state index contributed by atoms with van der Waals surface area (Å²) in [4.78, 5) is 18.3. The highest BCUT2D eigenvalue weighted by Gasteiger charge is 2.29. The molecule has 0 amide bonds. The normalized spacial score (nSPS) is 24.6.